The Balaban J connectivity index is 1.77. The van der Waals surface area contributed by atoms with Crippen LogP contribution in [0.1, 0.15) is 39.2 Å². The summed E-state index contributed by atoms with van der Waals surface area (Å²) in [5.41, 5.74) is -0.449. The van der Waals surface area contributed by atoms with Gasteiger partial charge in [-0.3, -0.25) is 24.2 Å². The maximum atomic E-state index is 13.5. The highest BCUT2D eigenvalue weighted by Crippen LogP contribution is 2.61. The molecule has 0 saturated carbocycles. The average molecular weight is 388 g/mol. The number of nitrogens with zero attached hydrogens (tertiary/aromatic N) is 2. The standard InChI is InChI=1S/C20H22ClN3O3/c1-19(2,3)24-16(25)13-12-8-5-9-23(12)20(14(13)17(24)26)10-6-4-7-11(21)15(10)22-18(20)27/h4,6-7,12-14H,5,8-9H2,1-3H3,(H,22,27)/t12-,13+,14-,20+/m0/s1. The summed E-state index contributed by atoms with van der Waals surface area (Å²) in [5, 5.41) is 3.38. The van der Waals surface area contributed by atoms with E-state index < -0.39 is 22.9 Å². The minimum Gasteiger partial charge on any atom is -0.323 e. The first kappa shape index (κ1) is 17.2. The van der Waals surface area contributed by atoms with Crippen LogP contribution in [0.2, 0.25) is 5.02 Å². The van der Waals surface area contributed by atoms with Crippen molar-refractivity contribution in [3.63, 3.8) is 0 Å². The SMILES string of the molecule is CC(C)(C)N1C(=O)[C@H]2[C@@H](C1=O)[C@]1(C(=O)Nc3c(Cl)cccc31)N1CCC[C@@H]21. The highest BCUT2D eigenvalue weighted by atomic mass is 35.5. The Morgan fingerprint density at radius 1 is 1.19 bits per heavy atom. The van der Waals surface area contributed by atoms with Crippen molar-refractivity contribution in [1.82, 2.24) is 9.80 Å². The van der Waals surface area contributed by atoms with Crippen molar-refractivity contribution in [2.45, 2.75) is 50.7 Å². The second-order valence-corrected chi connectivity index (χ2v) is 9.38. The van der Waals surface area contributed by atoms with E-state index in [-0.39, 0.29) is 23.8 Å². The number of rotatable bonds is 0. The van der Waals surface area contributed by atoms with Crippen molar-refractivity contribution in [2.24, 2.45) is 11.8 Å². The van der Waals surface area contributed by atoms with Crippen LogP contribution < -0.4 is 5.32 Å². The lowest BCUT2D eigenvalue weighted by Gasteiger charge is -2.38. The number of anilines is 1. The zero-order valence-electron chi connectivity index (χ0n) is 15.6. The van der Waals surface area contributed by atoms with E-state index in [4.69, 9.17) is 11.6 Å². The summed E-state index contributed by atoms with van der Waals surface area (Å²) in [6, 6.07) is 5.32. The van der Waals surface area contributed by atoms with E-state index in [9.17, 15) is 14.4 Å². The molecule has 0 aromatic heterocycles. The van der Waals surface area contributed by atoms with E-state index in [0.717, 1.165) is 18.4 Å². The van der Waals surface area contributed by atoms with Gasteiger partial charge in [0.05, 0.1) is 22.5 Å². The Morgan fingerprint density at radius 2 is 1.93 bits per heavy atom. The lowest BCUT2D eigenvalue weighted by Crippen LogP contribution is -2.56. The largest absolute Gasteiger partial charge is 0.323 e. The Kier molecular flexibility index (Phi) is 3.26. The van der Waals surface area contributed by atoms with Crippen LogP contribution in [-0.4, -0.2) is 45.6 Å². The molecule has 1 N–H and O–H groups in total. The fourth-order valence-electron chi connectivity index (χ4n) is 5.86. The molecule has 1 aromatic carbocycles. The molecule has 142 valence electrons. The third-order valence-electron chi connectivity index (χ3n) is 6.65. The fraction of sp³-hybridized carbons (Fsp3) is 0.550. The van der Waals surface area contributed by atoms with Crippen molar-refractivity contribution < 1.29 is 14.4 Å². The third kappa shape index (κ3) is 1.83. The number of imide groups is 1. The average Bonchev–Trinajstić information content (AvgIpc) is 3.26. The molecule has 6 nitrogen and oxygen atoms in total. The summed E-state index contributed by atoms with van der Waals surface area (Å²) in [4.78, 5) is 43.8. The van der Waals surface area contributed by atoms with Crippen molar-refractivity contribution in [1.29, 1.82) is 0 Å². The van der Waals surface area contributed by atoms with Crippen molar-refractivity contribution >= 4 is 35.0 Å². The van der Waals surface area contributed by atoms with Gasteiger partial charge in [0, 0.05) is 17.1 Å². The molecule has 0 bridgehead atoms. The lowest BCUT2D eigenvalue weighted by molar-refractivity contribution is -0.150. The fourth-order valence-corrected chi connectivity index (χ4v) is 6.08. The van der Waals surface area contributed by atoms with Crippen molar-refractivity contribution in [3.8, 4) is 0 Å². The molecule has 0 aliphatic carbocycles. The summed E-state index contributed by atoms with van der Waals surface area (Å²) in [6.07, 6.45) is 1.74. The number of amides is 3. The first-order valence-electron chi connectivity index (χ1n) is 9.46. The summed E-state index contributed by atoms with van der Waals surface area (Å²) < 4.78 is 0. The molecule has 4 heterocycles. The molecule has 7 heteroatoms. The molecule has 1 aromatic rings. The van der Waals surface area contributed by atoms with Gasteiger partial charge in [0.1, 0.15) is 5.54 Å². The summed E-state index contributed by atoms with van der Waals surface area (Å²) >= 11 is 6.35. The van der Waals surface area contributed by atoms with Gasteiger partial charge in [-0.2, -0.15) is 0 Å². The van der Waals surface area contributed by atoms with Crippen LogP contribution in [0.3, 0.4) is 0 Å². The van der Waals surface area contributed by atoms with Crippen LogP contribution in [-0.2, 0) is 19.9 Å². The minimum atomic E-state index is -1.14. The zero-order valence-corrected chi connectivity index (χ0v) is 16.3. The Hall–Kier alpha value is -1.92. The molecule has 4 aliphatic heterocycles. The van der Waals surface area contributed by atoms with Crippen LogP contribution in [0.15, 0.2) is 18.2 Å². The van der Waals surface area contributed by atoms with Crippen LogP contribution in [0.4, 0.5) is 5.69 Å². The first-order valence-corrected chi connectivity index (χ1v) is 9.83. The number of nitrogens with one attached hydrogen (secondary N) is 1. The number of fused-ring (bicyclic) bond motifs is 7. The van der Waals surface area contributed by atoms with Gasteiger partial charge in [-0.1, -0.05) is 23.7 Å². The smallest absolute Gasteiger partial charge is 0.250 e. The minimum absolute atomic E-state index is 0.0884. The molecule has 3 saturated heterocycles. The Morgan fingerprint density at radius 3 is 2.63 bits per heavy atom. The van der Waals surface area contributed by atoms with Crippen LogP contribution in [0, 0.1) is 11.8 Å². The van der Waals surface area contributed by atoms with Crippen molar-refractivity contribution in [2.75, 3.05) is 11.9 Å². The molecule has 4 atom stereocenters. The van der Waals surface area contributed by atoms with E-state index in [0.29, 0.717) is 17.3 Å². The molecular weight excluding hydrogens is 366 g/mol. The van der Waals surface area contributed by atoms with Crippen LogP contribution >= 0.6 is 11.6 Å². The monoisotopic (exact) mass is 387 g/mol. The zero-order chi connectivity index (χ0) is 19.3. The number of para-hydroxylation sites is 1. The second kappa shape index (κ2) is 5.11. The normalized spacial score (nSPS) is 35.0. The number of carbonyl (C=O) groups is 3. The lowest BCUT2D eigenvalue weighted by atomic mass is 9.75. The Labute approximate surface area is 162 Å². The van der Waals surface area contributed by atoms with Crippen molar-refractivity contribution in [3.05, 3.63) is 28.8 Å². The second-order valence-electron chi connectivity index (χ2n) is 8.97. The predicted octanol–water partition coefficient (Wildman–Crippen LogP) is 2.37. The molecule has 3 amide bonds. The molecule has 27 heavy (non-hydrogen) atoms. The number of carbonyl (C=O) groups excluding carboxylic acids is 3. The molecule has 1 spiro atoms. The van der Waals surface area contributed by atoms with Gasteiger partial charge in [0.25, 0.3) is 5.91 Å². The number of hydrogen-bond donors (Lipinski definition) is 1. The number of hydrogen-bond acceptors (Lipinski definition) is 4. The van der Waals surface area contributed by atoms with Gasteiger partial charge in [-0.15, -0.1) is 0 Å². The molecular formula is C20H22ClN3O3. The van der Waals surface area contributed by atoms with Crippen LogP contribution in [0.25, 0.3) is 0 Å². The van der Waals surface area contributed by atoms with Gasteiger partial charge >= 0.3 is 0 Å². The van der Waals surface area contributed by atoms with Gasteiger partial charge in [0.2, 0.25) is 11.8 Å². The van der Waals surface area contributed by atoms with Crippen LogP contribution in [0.5, 0.6) is 0 Å². The van der Waals surface area contributed by atoms with E-state index >= 15 is 0 Å². The maximum absolute atomic E-state index is 13.5. The predicted molar refractivity (Wildman–Crippen MR) is 100 cm³/mol. The third-order valence-corrected chi connectivity index (χ3v) is 6.96. The molecule has 0 unspecified atom stereocenters. The summed E-state index contributed by atoms with van der Waals surface area (Å²) in [7, 11) is 0. The highest BCUT2D eigenvalue weighted by Gasteiger charge is 2.75. The number of likely N-dealkylation sites (tertiary alicyclic amines) is 1. The molecule has 5 rings (SSSR count). The van der Waals surface area contributed by atoms with E-state index in [1.807, 2.05) is 32.9 Å². The topological polar surface area (TPSA) is 69.7 Å². The van der Waals surface area contributed by atoms with Gasteiger partial charge < -0.3 is 5.32 Å². The number of halogens is 1. The summed E-state index contributed by atoms with van der Waals surface area (Å²) in [5.74, 6) is -1.80. The van der Waals surface area contributed by atoms with E-state index in [2.05, 4.69) is 10.2 Å². The van der Waals surface area contributed by atoms with Gasteiger partial charge in [-0.05, 0) is 46.2 Å². The first-order chi connectivity index (χ1) is 12.7. The number of benzene rings is 1. The molecule has 4 aliphatic rings. The maximum Gasteiger partial charge on any atom is 0.250 e. The highest BCUT2D eigenvalue weighted by molar-refractivity contribution is 6.35. The molecule has 3 fully saturated rings. The van der Waals surface area contributed by atoms with Gasteiger partial charge in [-0.25, -0.2) is 0 Å². The molecule has 0 radical (unpaired) electrons. The van der Waals surface area contributed by atoms with E-state index in [1.165, 1.54) is 4.90 Å². The quantitative estimate of drug-likeness (QED) is 0.694. The van der Waals surface area contributed by atoms with Gasteiger partial charge in [0.15, 0.2) is 0 Å². The Bertz CT molecular complexity index is 908. The van der Waals surface area contributed by atoms with E-state index in [1.54, 1.807) is 6.07 Å². The summed E-state index contributed by atoms with van der Waals surface area (Å²) in [6.45, 7) is 6.29.